The molecule has 1 aromatic heterocycles. The minimum atomic E-state index is -1.17. The van der Waals surface area contributed by atoms with E-state index < -0.39 is 30.9 Å². The lowest BCUT2D eigenvalue weighted by molar-refractivity contribution is -0.143. The summed E-state index contributed by atoms with van der Waals surface area (Å²) >= 11 is 0. The molecule has 110 valence electrons. The third-order valence-electron chi connectivity index (χ3n) is 2.36. The number of anilines is 1. The number of amides is 1. The molecule has 0 spiro atoms. The number of nitrogens with one attached hydrogen (secondary N) is 1. The highest BCUT2D eigenvalue weighted by Crippen LogP contribution is 2.17. The van der Waals surface area contributed by atoms with Crippen molar-refractivity contribution in [3.05, 3.63) is 36.7 Å². The van der Waals surface area contributed by atoms with Crippen molar-refractivity contribution in [2.75, 3.05) is 18.5 Å². The van der Waals surface area contributed by atoms with Gasteiger partial charge in [-0.1, -0.05) is 0 Å². The lowest BCUT2D eigenvalue weighted by Gasteiger charge is -2.07. The van der Waals surface area contributed by atoms with Crippen LogP contribution < -0.4 is 5.32 Å². The number of carbonyl (C=O) groups excluding carboxylic acids is 1. The predicted molar refractivity (Wildman–Crippen MR) is 68.4 cm³/mol. The zero-order valence-corrected chi connectivity index (χ0v) is 10.7. The summed E-state index contributed by atoms with van der Waals surface area (Å²) in [5, 5.41) is 14.5. The van der Waals surface area contributed by atoms with Crippen LogP contribution in [-0.4, -0.2) is 45.0 Å². The molecule has 1 aromatic carbocycles. The monoisotopic (exact) mass is 294 g/mol. The first-order valence-corrected chi connectivity index (χ1v) is 5.80. The van der Waals surface area contributed by atoms with Crippen molar-refractivity contribution < 1.29 is 23.8 Å². The van der Waals surface area contributed by atoms with Gasteiger partial charge in [0, 0.05) is 5.69 Å². The second kappa shape index (κ2) is 6.57. The number of aliphatic carboxylic acids is 1. The molecule has 0 aliphatic heterocycles. The van der Waals surface area contributed by atoms with Gasteiger partial charge >= 0.3 is 5.97 Å². The molecule has 2 rings (SSSR count). The molecule has 0 saturated heterocycles. The largest absolute Gasteiger partial charge is 0.480 e. The third kappa shape index (κ3) is 4.08. The number of halogens is 1. The normalized spacial score (nSPS) is 10.3. The van der Waals surface area contributed by atoms with E-state index in [9.17, 15) is 14.0 Å². The molecule has 2 aromatic rings. The summed E-state index contributed by atoms with van der Waals surface area (Å²) in [6.45, 7) is -1.01. The Bertz CT molecular complexity index is 645. The molecule has 9 heteroatoms. The van der Waals surface area contributed by atoms with Crippen molar-refractivity contribution in [3.8, 4) is 5.69 Å². The summed E-state index contributed by atoms with van der Waals surface area (Å²) in [7, 11) is 0. The van der Waals surface area contributed by atoms with Gasteiger partial charge in [0.05, 0.1) is 0 Å². The zero-order valence-electron chi connectivity index (χ0n) is 10.7. The van der Waals surface area contributed by atoms with Gasteiger partial charge < -0.3 is 15.2 Å². The summed E-state index contributed by atoms with van der Waals surface area (Å²) in [4.78, 5) is 25.4. The quantitative estimate of drug-likeness (QED) is 0.801. The number of nitrogens with zero attached hydrogens (tertiary/aromatic N) is 3. The highest BCUT2D eigenvalue weighted by Gasteiger charge is 2.09. The Morgan fingerprint density at radius 1 is 1.38 bits per heavy atom. The second-order valence-corrected chi connectivity index (χ2v) is 3.94. The van der Waals surface area contributed by atoms with Crippen molar-refractivity contribution in [2.45, 2.75) is 0 Å². The Morgan fingerprint density at radius 3 is 2.81 bits per heavy atom. The van der Waals surface area contributed by atoms with Gasteiger partial charge in [-0.15, -0.1) is 0 Å². The smallest absolute Gasteiger partial charge is 0.329 e. The molecular weight excluding hydrogens is 283 g/mol. The molecule has 8 nitrogen and oxygen atoms in total. The van der Waals surface area contributed by atoms with Crippen LogP contribution in [0.1, 0.15) is 0 Å². The summed E-state index contributed by atoms with van der Waals surface area (Å²) < 4.78 is 19.7. The summed E-state index contributed by atoms with van der Waals surface area (Å²) in [6, 6.07) is 4.03. The summed E-state index contributed by atoms with van der Waals surface area (Å²) in [5.74, 6) is -2.35. The standard InChI is InChI=1S/C12H11FN4O4/c13-9-3-8(16-11(18)4-21-5-12(19)20)1-2-10(9)17-7-14-6-15-17/h1-3,6-7H,4-5H2,(H,16,18)(H,19,20). The molecule has 21 heavy (non-hydrogen) atoms. The molecule has 0 aliphatic carbocycles. The van der Waals surface area contributed by atoms with E-state index >= 15 is 0 Å². The van der Waals surface area contributed by atoms with Crippen molar-refractivity contribution in [2.24, 2.45) is 0 Å². The third-order valence-corrected chi connectivity index (χ3v) is 2.36. The van der Waals surface area contributed by atoms with E-state index in [4.69, 9.17) is 5.11 Å². The van der Waals surface area contributed by atoms with Crippen LogP contribution in [0.4, 0.5) is 10.1 Å². The van der Waals surface area contributed by atoms with Gasteiger partial charge in [-0.25, -0.2) is 18.9 Å². The molecule has 1 heterocycles. The maximum atomic E-state index is 13.9. The average Bonchev–Trinajstić information content (AvgIpc) is 2.92. The number of rotatable bonds is 6. The molecule has 0 saturated carbocycles. The highest BCUT2D eigenvalue weighted by molar-refractivity contribution is 5.91. The number of aromatic nitrogens is 3. The number of hydrogen-bond acceptors (Lipinski definition) is 5. The van der Waals surface area contributed by atoms with E-state index in [0.717, 1.165) is 6.07 Å². The Hall–Kier alpha value is -2.81. The van der Waals surface area contributed by atoms with Gasteiger partial charge in [0.25, 0.3) is 0 Å². The molecule has 2 N–H and O–H groups in total. The van der Waals surface area contributed by atoms with Gasteiger partial charge in [0.15, 0.2) is 5.82 Å². The van der Waals surface area contributed by atoms with Crippen molar-refractivity contribution in [1.29, 1.82) is 0 Å². The van der Waals surface area contributed by atoms with Crippen LogP contribution in [0.5, 0.6) is 0 Å². The number of ether oxygens (including phenoxy) is 1. The molecule has 0 radical (unpaired) electrons. The fraction of sp³-hybridized carbons (Fsp3) is 0.167. The number of benzene rings is 1. The SMILES string of the molecule is O=C(O)COCC(=O)Nc1ccc(-n2cncn2)c(F)c1. The van der Waals surface area contributed by atoms with E-state index in [0.29, 0.717) is 0 Å². The molecule has 0 fully saturated rings. The van der Waals surface area contributed by atoms with Crippen LogP contribution >= 0.6 is 0 Å². The molecule has 0 atom stereocenters. The van der Waals surface area contributed by atoms with Gasteiger partial charge in [0.2, 0.25) is 5.91 Å². The van der Waals surface area contributed by atoms with Crippen molar-refractivity contribution in [1.82, 2.24) is 14.8 Å². The van der Waals surface area contributed by atoms with Crippen LogP contribution in [0, 0.1) is 5.82 Å². The number of hydrogen-bond donors (Lipinski definition) is 2. The first kappa shape index (κ1) is 14.6. The van der Waals surface area contributed by atoms with Gasteiger partial charge in [-0.2, -0.15) is 5.10 Å². The number of carbonyl (C=O) groups is 2. The van der Waals surface area contributed by atoms with Crippen molar-refractivity contribution >= 4 is 17.6 Å². The van der Waals surface area contributed by atoms with Crippen LogP contribution in [-0.2, 0) is 14.3 Å². The van der Waals surface area contributed by atoms with E-state index in [1.807, 2.05) is 0 Å². The van der Waals surface area contributed by atoms with E-state index in [-0.39, 0.29) is 11.4 Å². The maximum absolute atomic E-state index is 13.9. The zero-order chi connectivity index (χ0) is 15.2. The Labute approximate surface area is 118 Å². The van der Waals surface area contributed by atoms with E-state index in [1.54, 1.807) is 0 Å². The predicted octanol–water partition coefficient (Wildman–Crippen LogP) is 0.446. The number of carboxylic acids is 1. The minimum absolute atomic E-state index is 0.188. The molecule has 0 aliphatic rings. The lowest BCUT2D eigenvalue weighted by atomic mass is 10.2. The minimum Gasteiger partial charge on any atom is -0.480 e. The molecular formula is C12H11FN4O4. The molecule has 1 amide bonds. The average molecular weight is 294 g/mol. The second-order valence-electron chi connectivity index (χ2n) is 3.94. The number of carboxylic acid groups (broad SMARTS) is 1. The fourth-order valence-corrected chi connectivity index (χ4v) is 1.53. The summed E-state index contributed by atoms with van der Waals surface area (Å²) in [6.07, 6.45) is 2.62. The Balaban J connectivity index is 1.97. The summed E-state index contributed by atoms with van der Waals surface area (Å²) in [5.41, 5.74) is 0.410. The van der Waals surface area contributed by atoms with Crippen LogP contribution in [0.25, 0.3) is 5.69 Å². The van der Waals surface area contributed by atoms with Crippen LogP contribution in [0.2, 0.25) is 0 Å². The van der Waals surface area contributed by atoms with Crippen molar-refractivity contribution in [3.63, 3.8) is 0 Å². The van der Waals surface area contributed by atoms with Crippen LogP contribution in [0.3, 0.4) is 0 Å². The lowest BCUT2D eigenvalue weighted by Crippen LogP contribution is -2.20. The molecule has 0 bridgehead atoms. The molecule has 0 unspecified atom stereocenters. The highest BCUT2D eigenvalue weighted by atomic mass is 19.1. The van der Waals surface area contributed by atoms with Gasteiger partial charge in [-0.05, 0) is 18.2 Å². The van der Waals surface area contributed by atoms with Crippen LogP contribution in [0.15, 0.2) is 30.9 Å². The first-order valence-electron chi connectivity index (χ1n) is 5.80. The Kier molecular flexibility index (Phi) is 4.57. The van der Waals surface area contributed by atoms with Gasteiger partial charge in [0.1, 0.15) is 31.6 Å². The van der Waals surface area contributed by atoms with E-state index in [2.05, 4.69) is 20.1 Å². The maximum Gasteiger partial charge on any atom is 0.329 e. The fourth-order valence-electron chi connectivity index (χ4n) is 1.53. The topological polar surface area (TPSA) is 106 Å². The Morgan fingerprint density at radius 2 is 2.19 bits per heavy atom. The van der Waals surface area contributed by atoms with Gasteiger partial charge in [-0.3, -0.25) is 4.79 Å². The first-order chi connectivity index (χ1) is 10.1. The van der Waals surface area contributed by atoms with E-state index in [1.165, 1.54) is 29.5 Å².